The van der Waals surface area contributed by atoms with Gasteiger partial charge in [0, 0.05) is 12.1 Å². The number of carbonyl (C=O) groups is 1. The van der Waals surface area contributed by atoms with Crippen LogP contribution in [0.3, 0.4) is 0 Å². The van der Waals surface area contributed by atoms with Crippen molar-refractivity contribution in [1.82, 2.24) is 10.6 Å². The maximum atomic E-state index is 11.9. The summed E-state index contributed by atoms with van der Waals surface area (Å²) in [5.41, 5.74) is 0. The van der Waals surface area contributed by atoms with Gasteiger partial charge in [0.2, 0.25) is 0 Å². The Balaban J connectivity index is 1.59. The van der Waals surface area contributed by atoms with E-state index in [1.165, 1.54) is 77.0 Å². The maximum Gasteiger partial charge on any atom is 0.146 e. The van der Waals surface area contributed by atoms with E-state index in [-0.39, 0.29) is 6.04 Å². The van der Waals surface area contributed by atoms with Crippen LogP contribution in [0.15, 0.2) is 0 Å². The average Bonchev–Trinajstić information content (AvgIpc) is 2.83. The first kappa shape index (κ1) is 18.9. The molecular weight excluding hydrogens is 284 g/mol. The minimum absolute atomic E-state index is 0.0905. The molecule has 1 atom stereocenters. The summed E-state index contributed by atoms with van der Waals surface area (Å²) in [6.45, 7) is 2.88. The van der Waals surface area contributed by atoms with Crippen molar-refractivity contribution in [3.05, 3.63) is 0 Å². The van der Waals surface area contributed by atoms with Crippen LogP contribution >= 0.6 is 0 Å². The fourth-order valence-electron chi connectivity index (χ4n) is 4.22. The molecule has 3 nitrogen and oxygen atoms in total. The van der Waals surface area contributed by atoms with Crippen molar-refractivity contribution in [2.45, 2.75) is 115 Å². The first-order valence-electron chi connectivity index (χ1n) is 10.3. The van der Waals surface area contributed by atoms with Gasteiger partial charge in [-0.1, -0.05) is 51.4 Å². The number of rotatable bonds is 9. The van der Waals surface area contributed by atoms with Crippen molar-refractivity contribution < 1.29 is 4.79 Å². The van der Waals surface area contributed by atoms with Crippen molar-refractivity contribution in [1.29, 1.82) is 0 Å². The molecule has 0 saturated heterocycles. The molecule has 0 bridgehead atoms. The van der Waals surface area contributed by atoms with Gasteiger partial charge in [0.15, 0.2) is 0 Å². The summed E-state index contributed by atoms with van der Waals surface area (Å²) >= 11 is 0. The van der Waals surface area contributed by atoms with Crippen LogP contribution in [0.1, 0.15) is 96.8 Å². The van der Waals surface area contributed by atoms with Gasteiger partial charge in [-0.15, -0.1) is 0 Å². The number of unbranched alkanes of at least 4 members (excludes halogenated alkanes) is 1. The minimum atomic E-state index is 0.0905. The minimum Gasteiger partial charge on any atom is -0.314 e. The van der Waals surface area contributed by atoms with Crippen LogP contribution in [0.2, 0.25) is 0 Å². The summed E-state index contributed by atoms with van der Waals surface area (Å²) < 4.78 is 0. The number of Topliss-reactive ketones (excluding diaryl/α,β-unsaturated/α-hetero) is 1. The highest BCUT2D eigenvalue weighted by Crippen LogP contribution is 2.19. The van der Waals surface area contributed by atoms with Crippen molar-refractivity contribution in [3.63, 3.8) is 0 Å². The summed E-state index contributed by atoms with van der Waals surface area (Å²) in [4.78, 5) is 11.9. The van der Waals surface area contributed by atoms with Crippen LogP contribution in [-0.2, 0) is 4.79 Å². The molecule has 134 valence electrons. The van der Waals surface area contributed by atoms with Crippen LogP contribution in [0, 0.1) is 0 Å². The van der Waals surface area contributed by atoms with Crippen molar-refractivity contribution in [2.24, 2.45) is 0 Å². The Labute approximate surface area is 143 Å². The Morgan fingerprint density at radius 1 is 0.870 bits per heavy atom. The standard InChI is InChI=1S/C20H38N2O/c1-17(23)20(22-19-13-5-2-3-6-14-19)15-9-10-16-21-18-11-7-4-8-12-18/h18-22H,2-16H2,1H3. The molecule has 0 spiro atoms. The Bertz CT molecular complexity index is 318. The van der Waals surface area contributed by atoms with Crippen LogP contribution in [0.25, 0.3) is 0 Å². The maximum absolute atomic E-state index is 11.9. The first-order valence-corrected chi connectivity index (χ1v) is 10.3. The largest absolute Gasteiger partial charge is 0.314 e. The van der Waals surface area contributed by atoms with Gasteiger partial charge < -0.3 is 10.6 Å². The van der Waals surface area contributed by atoms with E-state index in [1.54, 1.807) is 6.92 Å². The monoisotopic (exact) mass is 322 g/mol. The van der Waals surface area contributed by atoms with Crippen LogP contribution in [-0.4, -0.2) is 30.5 Å². The molecule has 3 heteroatoms. The van der Waals surface area contributed by atoms with E-state index < -0.39 is 0 Å². The highest BCUT2D eigenvalue weighted by Gasteiger charge is 2.20. The fourth-order valence-corrected chi connectivity index (χ4v) is 4.22. The molecule has 0 radical (unpaired) electrons. The Kier molecular flexibility index (Phi) is 9.21. The summed E-state index contributed by atoms with van der Waals surface area (Å²) in [7, 11) is 0. The number of hydrogen-bond acceptors (Lipinski definition) is 3. The lowest BCUT2D eigenvalue weighted by Gasteiger charge is -2.24. The van der Waals surface area contributed by atoms with E-state index in [0.29, 0.717) is 11.8 Å². The van der Waals surface area contributed by atoms with Crippen LogP contribution in [0.5, 0.6) is 0 Å². The number of nitrogens with one attached hydrogen (secondary N) is 2. The zero-order chi connectivity index (χ0) is 16.3. The van der Waals surface area contributed by atoms with Crippen molar-refractivity contribution in [2.75, 3.05) is 6.54 Å². The smallest absolute Gasteiger partial charge is 0.146 e. The van der Waals surface area contributed by atoms with Crippen molar-refractivity contribution >= 4 is 5.78 Å². The summed E-state index contributed by atoms with van der Waals surface area (Å²) in [6, 6.07) is 1.43. The summed E-state index contributed by atoms with van der Waals surface area (Å²) in [5, 5.41) is 7.37. The zero-order valence-corrected chi connectivity index (χ0v) is 15.2. The predicted octanol–water partition coefficient (Wildman–Crippen LogP) is 4.35. The molecule has 0 aromatic heterocycles. The molecule has 0 aromatic carbocycles. The molecular formula is C20H38N2O. The van der Waals surface area contributed by atoms with E-state index in [0.717, 1.165) is 25.4 Å². The number of hydrogen-bond donors (Lipinski definition) is 2. The molecule has 2 aliphatic carbocycles. The third-order valence-electron chi connectivity index (χ3n) is 5.74. The second kappa shape index (κ2) is 11.2. The number of carbonyl (C=O) groups excluding carboxylic acids is 1. The van der Waals surface area contributed by atoms with Crippen molar-refractivity contribution in [3.8, 4) is 0 Å². The molecule has 23 heavy (non-hydrogen) atoms. The average molecular weight is 323 g/mol. The molecule has 0 aliphatic heterocycles. The zero-order valence-electron chi connectivity index (χ0n) is 15.2. The molecule has 0 aromatic rings. The molecule has 2 aliphatic rings. The Hall–Kier alpha value is -0.410. The van der Waals surface area contributed by atoms with E-state index in [4.69, 9.17) is 0 Å². The van der Waals surface area contributed by atoms with Gasteiger partial charge in [-0.05, 0) is 52.0 Å². The van der Waals surface area contributed by atoms with Gasteiger partial charge in [0.25, 0.3) is 0 Å². The number of ketones is 1. The highest BCUT2D eigenvalue weighted by molar-refractivity contribution is 5.81. The van der Waals surface area contributed by atoms with Gasteiger partial charge in [-0.25, -0.2) is 0 Å². The molecule has 0 amide bonds. The Morgan fingerprint density at radius 3 is 2.04 bits per heavy atom. The quantitative estimate of drug-likeness (QED) is 0.490. The molecule has 2 N–H and O–H groups in total. The highest BCUT2D eigenvalue weighted by atomic mass is 16.1. The van der Waals surface area contributed by atoms with E-state index in [1.807, 2.05) is 0 Å². The Morgan fingerprint density at radius 2 is 1.43 bits per heavy atom. The normalized spacial score (nSPS) is 22.7. The lowest BCUT2D eigenvalue weighted by Crippen LogP contribution is -2.42. The van der Waals surface area contributed by atoms with E-state index in [2.05, 4.69) is 10.6 Å². The third-order valence-corrected chi connectivity index (χ3v) is 5.74. The summed E-state index contributed by atoms with van der Waals surface area (Å²) in [6.07, 6.45) is 18.2. The van der Waals surface area contributed by atoms with Crippen LogP contribution in [0.4, 0.5) is 0 Å². The molecule has 2 rings (SSSR count). The lowest BCUT2D eigenvalue weighted by molar-refractivity contribution is -0.119. The van der Waals surface area contributed by atoms with Gasteiger partial charge in [-0.2, -0.15) is 0 Å². The SMILES string of the molecule is CC(=O)C(CCCCNC1CCCCC1)NC1CCCCCC1. The van der Waals surface area contributed by atoms with Gasteiger partial charge in [0.05, 0.1) is 6.04 Å². The second-order valence-corrected chi connectivity index (χ2v) is 7.80. The van der Waals surface area contributed by atoms with Gasteiger partial charge in [0.1, 0.15) is 5.78 Å². The van der Waals surface area contributed by atoms with Gasteiger partial charge >= 0.3 is 0 Å². The molecule has 0 heterocycles. The van der Waals surface area contributed by atoms with E-state index in [9.17, 15) is 4.79 Å². The lowest BCUT2D eigenvalue weighted by atomic mass is 9.95. The molecule has 2 saturated carbocycles. The fraction of sp³-hybridized carbons (Fsp3) is 0.950. The summed E-state index contributed by atoms with van der Waals surface area (Å²) in [5.74, 6) is 0.328. The second-order valence-electron chi connectivity index (χ2n) is 7.80. The third kappa shape index (κ3) is 7.80. The topological polar surface area (TPSA) is 41.1 Å². The van der Waals surface area contributed by atoms with E-state index >= 15 is 0 Å². The molecule has 2 fully saturated rings. The van der Waals surface area contributed by atoms with Gasteiger partial charge in [-0.3, -0.25) is 4.79 Å². The first-order chi connectivity index (χ1) is 11.3. The van der Waals surface area contributed by atoms with Crippen LogP contribution < -0.4 is 10.6 Å². The molecule has 1 unspecified atom stereocenters. The predicted molar refractivity (Wildman–Crippen MR) is 97.8 cm³/mol.